The average Bonchev–Trinajstić information content (AvgIpc) is 2.85. The van der Waals surface area contributed by atoms with Crippen molar-refractivity contribution in [2.75, 3.05) is 38.0 Å². The molecule has 2 aliphatic rings. The van der Waals surface area contributed by atoms with Gasteiger partial charge in [-0.05, 0) is 56.2 Å². The van der Waals surface area contributed by atoms with Gasteiger partial charge in [0.2, 0.25) is 5.91 Å². The third-order valence-corrected chi connectivity index (χ3v) is 6.56. The van der Waals surface area contributed by atoms with Gasteiger partial charge in [0, 0.05) is 62.1 Å². The van der Waals surface area contributed by atoms with Crippen LogP contribution in [-0.4, -0.2) is 59.5 Å². The standard InChI is InChI=1S/C26H34N4O3/c1-20-6-5-9-22(27-20)14-15-29-16-18-30(19-17-29)26(32)33-24-12-10-23(11-13-24)28-25(31)21-7-3-2-4-8-21/h5-6,9-13,21H,2-4,7-8,14-19H2,1H3,(H,28,31). The predicted octanol–water partition coefficient (Wildman–Crippen LogP) is 4.27. The molecule has 2 heterocycles. The van der Waals surface area contributed by atoms with Crippen LogP contribution in [0, 0.1) is 12.8 Å². The van der Waals surface area contributed by atoms with Gasteiger partial charge in [-0.15, -0.1) is 0 Å². The Morgan fingerprint density at radius 2 is 1.73 bits per heavy atom. The molecule has 0 bridgehead atoms. The summed E-state index contributed by atoms with van der Waals surface area (Å²) in [5.74, 6) is 0.696. The molecule has 0 unspecified atom stereocenters. The lowest BCUT2D eigenvalue weighted by molar-refractivity contribution is -0.120. The summed E-state index contributed by atoms with van der Waals surface area (Å²) in [6, 6.07) is 13.2. The molecule has 7 nitrogen and oxygen atoms in total. The van der Waals surface area contributed by atoms with Gasteiger partial charge in [0.05, 0.1) is 0 Å². The molecule has 0 spiro atoms. The summed E-state index contributed by atoms with van der Waals surface area (Å²) >= 11 is 0. The number of hydrogen-bond donors (Lipinski definition) is 1. The van der Waals surface area contributed by atoms with Gasteiger partial charge < -0.3 is 15.0 Å². The number of piperazine rings is 1. The van der Waals surface area contributed by atoms with E-state index in [-0.39, 0.29) is 17.9 Å². The monoisotopic (exact) mass is 450 g/mol. The van der Waals surface area contributed by atoms with Crippen LogP contribution < -0.4 is 10.1 Å². The Morgan fingerprint density at radius 1 is 1.00 bits per heavy atom. The van der Waals surface area contributed by atoms with E-state index >= 15 is 0 Å². The van der Waals surface area contributed by atoms with E-state index in [4.69, 9.17) is 4.74 Å². The van der Waals surface area contributed by atoms with E-state index in [1.165, 1.54) is 6.42 Å². The number of carbonyl (C=O) groups excluding carboxylic acids is 2. The summed E-state index contributed by atoms with van der Waals surface area (Å²) in [4.78, 5) is 33.6. The predicted molar refractivity (Wildman–Crippen MR) is 128 cm³/mol. The normalized spacial score (nSPS) is 17.5. The van der Waals surface area contributed by atoms with E-state index < -0.39 is 0 Å². The first-order chi connectivity index (χ1) is 16.1. The zero-order valence-corrected chi connectivity index (χ0v) is 19.5. The molecule has 2 fully saturated rings. The van der Waals surface area contributed by atoms with Crippen molar-refractivity contribution in [1.29, 1.82) is 0 Å². The van der Waals surface area contributed by atoms with Gasteiger partial charge in [0.25, 0.3) is 0 Å². The Morgan fingerprint density at radius 3 is 2.42 bits per heavy atom. The molecule has 1 aliphatic carbocycles. The number of rotatable bonds is 6. The summed E-state index contributed by atoms with van der Waals surface area (Å²) in [7, 11) is 0. The highest BCUT2D eigenvalue weighted by Crippen LogP contribution is 2.25. The number of ether oxygens (including phenoxy) is 1. The molecular weight excluding hydrogens is 416 g/mol. The number of aromatic nitrogens is 1. The molecule has 1 N–H and O–H groups in total. The maximum absolute atomic E-state index is 12.6. The minimum absolute atomic E-state index is 0.0931. The second-order valence-electron chi connectivity index (χ2n) is 9.07. The Balaban J connectivity index is 1.19. The van der Waals surface area contributed by atoms with Crippen molar-refractivity contribution in [2.45, 2.75) is 45.4 Å². The molecule has 2 amide bonds. The van der Waals surface area contributed by atoms with Crippen LogP contribution in [0.2, 0.25) is 0 Å². The minimum atomic E-state index is -0.325. The van der Waals surface area contributed by atoms with Gasteiger partial charge >= 0.3 is 6.09 Å². The fourth-order valence-electron chi connectivity index (χ4n) is 4.55. The summed E-state index contributed by atoms with van der Waals surface area (Å²) in [6.07, 6.45) is 6.01. The Kier molecular flexibility index (Phi) is 7.94. The van der Waals surface area contributed by atoms with Crippen LogP contribution in [-0.2, 0) is 11.2 Å². The van der Waals surface area contributed by atoms with Crippen LogP contribution in [0.3, 0.4) is 0 Å². The molecule has 1 aliphatic heterocycles. The fourth-order valence-corrected chi connectivity index (χ4v) is 4.55. The number of aryl methyl sites for hydroxylation is 1. The number of anilines is 1. The number of amides is 2. The molecule has 0 radical (unpaired) electrons. The molecule has 1 saturated carbocycles. The lowest BCUT2D eigenvalue weighted by Gasteiger charge is -2.33. The second kappa shape index (κ2) is 11.3. The van der Waals surface area contributed by atoms with Gasteiger partial charge in [0.15, 0.2) is 0 Å². The average molecular weight is 451 g/mol. The second-order valence-corrected chi connectivity index (χ2v) is 9.07. The van der Waals surface area contributed by atoms with Crippen molar-refractivity contribution in [1.82, 2.24) is 14.8 Å². The highest BCUT2D eigenvalue weighted by Gasteiger charge is 2.23. The van der Waals surface area contributed by atoms with Gasteiger partial charge in [-0.25, -0.2) is 4.79 Å². The molecule has 7 heteroatoms. The fraction of sp³-hybridized carbons (Fsp3) is 0.500. The third kappa shape index (κ3) is 6.78. The smallest absolute Gasteiger partial charge is 0.410 e. The van der Waals surface area contributed by atoms with Crippen molar-refractivity contribution in [3.8, 4) is 5.75 Å². The van der Waals surface area contributed by atoms with Gasteiger partial charge in [-0.3, -0.25) is 14.7 Å². The lowest BCUT2D eigenvalue weighted by Crippen LogP contribution is -2.49. The van der Waals surface area contributed by atoms with Crippen molar-refractivity contribution < 1.29 is 14.3 Å². The SMILES string of the molecule is Cc1cccc(CCN2CCN(C(=O)Oc3ccc(NC(=O)C4CCCCC4)cc3)CC2)n1. The quantitative estimate of drug-likeness (QED) is 0.712. The van der Waals surface area contributed by atoms with Crippen molar-refractivity contribution in [2.24, 2.45) is 5.92 Å². The largest absolute Gasteiger partial charge is 0.415 e. The van der Waals surface area contributed by atoms with E-state index in [2.05, 4.69) is 21.3 Å². The summed E-state index contributed by atoms with van der Waals surface area (Å²) < 4.78 is 5.55. The van der Waals surface area contributed by atoms with Crippen LogP contribution in [0.1, 0.15) is 43.5 Å². The molecule has 1 saturated heterocycles. The Labute approximate surface area is 196 Å². The number of carbonyl (C=O) groups is 2. The Bertz CT molecular complexity index is 933. The van der Waals surface area contributed by atoms with Gasteiger partial charge in [0.1, 0.15) is 5.75 Å². The van der Waals surface area contributed by atoms with Crippen LogP contribution in [0.4, 0.5) is 10.5 Å². The zero-order valence-electron chi connectivity index (χ0n) is 19.5. The highest BCUT2D eigenvalue weighted by atomic mass is 16.6. The molecule has 1 aromatic carbocycles. The maximum atomic E-state index is 12.6. The van der Waals surface area contributed by atoms with Crippen molar-refractivity contribution in [3.63, 3.8) is 0 Å². The molecule has 176 valence electrons. The van der Waals surface area contributed by atoms with Crippen molar-refractivity contribution in [3.05, 3.63) is 53.9 Å². The van der Waals surface area contributed by atoms with Crippen LogP contribution in [0.5, 0.6) is 5.75 Å². The first-order valence-electron chi connectivity index (χ1n) is 12.1. The number of nitrogens with zero attached hydrogens (tertiary/aromatic N) is 3. The highest BCUT2D eigenvalue weighted by molar-refractivity contribution is 5.92. The van der Waals surface area contributed by atoms with E-state index in [0.29, 0.717) is 18.8 Å². The molecule has 1 aromatic heterocycles. The van der Waals surface area contributed by atoms with Gasteiger partial charge in [-0.2, -0.15) is 0 Å². The molecule has 0 atom stereocenters. The molecule has 4 rings (SSSR count). The number of hydrogen-bond acceptors (Lipinski definition) is 5. The van der Waals surface area contributed by atoms with E-state index in [1.54, 1.807) is 29.2 Å². The zero-order chi connectivity index (χ0) is 23.0. The lowest BCUT2D eigenvalue weighted by atomic mass is 9.88. The topological polar surface area (TPSA) is 74.8 Å². The molecular formula is C26H34N4O3. The number of benzene rings is 1. The molecule has 2 aromatic rings. The summed E-state index contributed by atoms with van der Waals surface area (Å²) in [5.41, 5.74) is 2.89. The minimum Gasteiger partial charge on any atom is -0.410 e. The number of nitrogens with one attached hydrogen (secondary N) is 1. The maximum Gasteiger partial charge on any atom is 0.415 e. The van der Waals surface area contributed by atoms with E-state index in [1.807, 2.05) is 19.1 Å². The summed E-state index contributed by atoms with van der Waals surface area (Å²) in [6.45, 7) is 5.90. The Hall–Kier alpha value is -2.93. The van der Waals surface area contributed by atoms with E-state index in [0.717, 1.165) is 68.8 Å². The van der Waals surface area contributed by atoms with Crippen molar-refractivity contribution >= 4 is 17.7 Å². The third-order valence-electron chi connectivity index (χ3n) is 6.56. The number of pyridine rings is 1. The first-order valence-corrected chi connectivity index (χ1v) is 12.1. The van der Waals surface area contributed by atoms with Crippen LogP contribution in [0.15, 0.2) is 42.5 Å². The van der Waals surface area contributed by atoms with E-state index in [9.17, 15) is 9.59 Å². The van der Waals surface area contributed by atoms with Gasteiger partial charge in [-0.1, -0.05) is 25.3 Å². The summed E-state index contributed by atoms with van der Waals surface area (Å²) in [5, 5.41) is 2.99. The van der Waals surface area contributed by atoms with Crippen LogP contribution >= 0.6 is 0 Å². The molecule has 33 heavy (non-hydrogen) atoms. The van der Waals surface area contributed by atoms with Crippen LogP contribution in [0.25, 0.3) is 0 Å². The first kappa shape index (κ1) is 23.2.